The van der Waals surface area contributed by atoms with E-state index in [-0.39, 0.29) is 17.1 Å². The number of rotatable bonds is 0. The average molecular weight is 235 g/mol. The van der Waals surface area contributed by atoms with E-state index in [0.717, 1.165) is 21.8 Å². The van der Waals surface area contributed by atoms with Crippen LogP contribution in [-0.2, 0) is 17.1 Å². The topological polar surface area (TPSA) is 25.8 Å². The number of aromatic nitrogens is 2. The fourth-order valence-corrected chi connectivity index (χ4v) is 1.63. The summed E-state index contributed by atoms with van der Waals surface area (Å²) < 4.78 is 0. The Hall–Kier alpha value is -1.44. The van der Waals surface area contributed by atoms with Gasteiger partial charge >= 0.3 is 0 Å². The Morgan fingerprint density at radius 3 is 2.60 bits per heavy atom. The van der Waals surface area contributed by atoms with Crippen molar-refractivity contribution in [2.75, 3.05) is 0 Å². The molecule has 0 N–H and O–H groups in total. The Morgan fingerprint density at radius 2 is 1.73 bits per heavy atom. The van der Waals surface area contributed by atoms with Crippen LogP contribution in [0.4, 0.5) is 0 Å². The van der Waals surface area contributed by atoms with Crippen LogP contribution >= 0.6 is 0 Å². The van der Waals surface area contributed by atoms with Crippen molar-refractivity contribution >= 4 is 21.8 Å². The van der Waals surface area contributed by atoms with Crippen LogP contribution < -0.4 is 0 Å². The molecule has 2 nitrogen and oxygen atoms in total. The normalized spacial score (nSPS) is 10.1. The molecule has 0 fully saturated rings. The van der Waals surface area contributed by atoms with E-state index >= 15 is 0 Å². The molecule has 0 aliphatic rings. The molecule has 0 saturated carbocycles. The summed E-state index contributed by atoms with van der Waals surface area (Å²) in [6.07, 6.45) is 4.63. The van der Waals surface area contributed by atoms with Crippen molar-refractivity contribution in [3.05, 3.63) is 48.8 Å². The van der Waals surface area contributed by atoms with E-state index in [2.05, 4.69) is 28.3 Å². The van der Waals surface area contributed by atoms with Gasteiger partial charge in [0.15, 0.2) is 0 Å². The molecule has 0 radical (unpaired) electrons. The van der Waals surface area contributed by atoms with E-state index in [0.29, 0.717) is 0 Å². The van der Waals surface area contributed by atoms with Crippen molar-refractivity contribution < 1.29 is 17.1 Å². The minimum atomic E-state index is 0. The molecular weight excluding hydrogens is 228 g/mol. The maximum absolute atomic E-state index is 4.33. The summed E-state index contributed by atoms with van der Waals surface area (Å²) in [6, 6.07) is 11.9. The summed E-state index contributed by atoms with van der Waals surface area (Å²) in [5, 5.41) is 2.22. The van der Waals surface area contributed by atoms with Crippen molar-refractivity contribution in [2.24, 2.45) is 0 Å². The fraction of sp³-hybridized carbons (Fsp3) is 0. The van der Waals surface area contributed by atoms with Crippen LogP contribution in [0.5, 0.6) is 0 Å². The standard InChI is InChI=1S/C12H7N2.Fe/c1-3-9-5-6-10-4-2-8-14-12(10)11(9)13-7-1;/h1-7H;/q-1;. The predicted molar refractivity (Wildman–Crippen MR) is 55.9 cm³/mol. The molecule has 0 unspecified atom stereocenters. The van der Waals surface area contributed by atoms with Gasteiger partial charge in [-0.1, -0.05) is 24.4 Å². The summed E-state index contributed by atoms with van der Waals surface area (Å²) in [6.45, 7) is 0. The fourth-order valence-electron chi connectivity index (χ4n) is 1.63. The third kappa shape index (κ3) is 1.60. The molecule has 3 heteroatoms. The van der Waals surface area contributed by atoms with E-state index < -0.39 is 0 Å². The Balaban J connectivity index is 0.000000853. The molecule has 0 bridgehead atoms. The predicted octanol–water partition coefficient (Wildman–Crippen LogP) is 2.58. The van der Waals surface area contributed by atoms with Crippen molar-refractivity contribution in [1.82, 2.24) is 9.97 Å². The van der Waals surface area contributed by atoms with Crippen molar-refractivity contribution in [1.29, 1.82) is 0 Å². The van der Waals surface area contributed by atoms with E-state index in [1.807, 2.05) is 24.3 Å². The number of pyridine rings is 2. The maximum atomic E-state index is 4.33. The molecule has 74 valence electrons. The van der Waals surface area contributed by atoms with E-state index in [4.69, 9.17) is 0 Å². The van der Waals surface area contributed by atoms with Crippen molar-refractivity contribution in [3.8, 4) is 0 Å². The van der Waals surface area contributed by atoms with Gasteiger partial charge in [-0.05, 0) is 17.0 Å². The molecule has 3 aromatic rings. The molecule has 0 atom stereocenters. The van der Waals surface area contributed by atoms with Gasteiger partial charge in [0.2, 0.25) is 0 Å². The van der Waals surface area contributed by atoms with Gasteiger partial charge in [-0.3, -0.25) is 4.98 Å². The molecule has 3 rings (SSSR count). The van der Waals surface area contributed by atoms with E-state index in [1.54, 1.807) is 6.20 Å². The first-order chi connectivity index (χ1) is 6.95. The minimum Gasteiger partial charge on any atom is -0.384 e. The molecule has 0 aliphatic heterocycles. The zero-order chi connectivity index (χ0) is 9.38. The number of hydrogen-bond acceptors (Lipinski definition) is 2. The zero-order valence-electron chi connectivity index (χ0n) is 7.79. The summed E-state index contributed by atoms with van der Waals surface area (Å²) >= 11 is 0. The van der Waals surface area contributed by atoms with Gasteiger partial charge < -0.3 is 4.98 Å². The van der Waals surface area contributed by atoms with Crippen LogP contribution in [-0.4, -0.2) is 9.97 Å². The van der Waals surface area contributed by atoms with Crippen LogP contribution in [0, 0.1) is 6.20 Å². The second-order valence-corrected chi connectivity index (χ2v) is 3.15. The van der Waals surface area contributed by atoms with Crippen molar-refractivity contribution in [2.45, 2.75) is 0 Å². The van der Waals surface area contributed by atoms with E-state index in [1.165, 1.54) is 0 Å². The molecule has 0 amide bonds. The maximum Gasteiger partial charge on any atom is 0.0405 e. The second-order valence-electron chi connectivity index (χ2n) is 3.15. The van der Waals surface area contributed by atoms with Crippen LogP contribution in [0.1, 0.15) is 0 Å². The summed E-state index contributed by atoms with van der Waals surface area (Å²) in [5.74, 6) is 0. The molecule has 2 heterocycles. The zero-order valence-corrected chi connectivity index (χ0v) is 8.89. The molecular formula is C12H7FeN2-. The van der Waals surface area contributed by atoms with Crippen LogP contribution in [0.2, 0.25) is 0 Å². The molecule has 15 heavy (non-hydrogen) atoms. The van der Waals surface area contributed by atoms with Crippen LogP contribution in [0.15, 0.2) is 42.6 Å². The van der Waals surface area contributed by atoms with Gasteiger partial charge in [0.25, 0.3) is 0 Å². The Kier molecular flexibility index (Phi) is 2.67. The monoisotopic (exact) mass is 235 g/mol. The van der Waals surface area contributed by atoms with Gasteiger partial charge in [0.1, 0.15) is 0 Å². The first-order valence-electron chi connectivity index (χ1n) is 4.46. The molecule has 2 aromatic heterocycles. The summed E-state index contributed by atoms with van der Waals surface area (Å²) in [7, 11) is 0. The number of nitrogens with zero attached hydrogens (tertiary/aromatic N) is 2. The number of fused-ring (bicyclic) bond motifs is 3. The van der Waals surface area contributed by atoms with Gasteiger partial charge in [-0.2, -0.15) is 12.1 Å². The molecule has 0 spiro atoms. The van der Waals surface area contributed by atoms with Crippen LogP contribution in [0.3, 0.4) is 0 Å². The minimum absolute atomic E-state index is 0. The summed E-state index contributed by atoms with van der Waals surface area (Å²) in [4.78, 5) is 8.55. The smallest absolute Gasteiger partial charge is 0.0405 e. The summed E-state index contributed by atoms with van der Waals surface area (Å²) in [5.41, 5.74) is 1.87. The quantitative estimate of drug-likeness (QED) is 0.340. The Bertz CT molecular complexity index is 553. The van der Waals surface area contributed by atoms with E-state index in [9.17, 15) is 0 Å². The van der Waals surface area contributed by atoms with Gasteiger partial charge in [0, 0.05) is 28.8 Å². The van der Waals surface area contributed by atoms with Gasteiger partial charge in [0.05, 0.1) is 0 Å². The first-order valence-corrected chi connectivity index (χ1v) is 4.46. The third-order valence-electron chi connectivity index (χ3n) is 2.29. The van der Waals surface area contributed by atoms with Crippen LogP contribution in [0.25, 0.3) is 21.8 Å². The molecule has 0 saturated heterocycles. The molecule has 0 aliphatic carbocycles. The number of benzene rings is 1. The largest absolute Gasteiger partial charge is 0.384 e. The molecule has 1 aromatic carbocycles. The first kappa shape index (κ1) is 10.1. The average Bonchev–Trinajstić information content (AvgIpc) is 2.29. The number of hydrogen-bond donors (Lipinski definition) is 0. The van der Waals surface area contributed by atoms with Gasteiger partial charge in [-0.25, -0.2) is 0 Å². The third-order valence-corrected chi connectivity index (χ3v) is 2.29. The Morgan fingerprint density at radius 1 is 0.933 bits per heavy atom. The SMILES string of the molecule is [Fe].[c-]1ccc2ccc3cccnc3c2n1. The Labute approximate surface area is 97.8 Å². The van der Waals surface area contributed by atoms with Gasteiger partial charge in [-0.15, -0.1) is 5.39 Å². The van der Waals surface area contributed by atoms with Crippen molar-refractivity contribution in [3.63, 3.8) is 0 Å². The second kappa shape index (κ2) is 3.97.